The maximum Gasteiger partial charge on any atom is 0.319 e. The Labute approximate surface area is 237 Å². The molecule has 4 saturated heterocycles. The van der Waals surface area contributed by atoms with Gasteiger partial charge in [0.2, 0.25) is 0 Å². The van der Waals surface area contributed by atoms with Crippen molar-refractivity contribution < 1.29 is 13.5 Å². The summed E-state index contributed by atoms with van der Waals surface area (Å²) < 4.78 is 37.3. The number of hydrogen-bond donors (Lipinski definition) is 2. The normalized spacial score (nSPS) is 27.8. The molecule has 214 valence electrons. The van der Waals surface area contributed by atoms with Crippen molar-refractivity contribution in [3.05, 3.63) is 42.0 Å². The van der Waals surface area contributed by atoms with Crippen LogP contribution in [0.2, 0.25) is 0 Å². The van der Waals surface area contributed by atoms with Gasteiger partial charge in [0, 0.05) is 67.0 Å². The van der Waals surface area contributed by atoms with Crippen LogP contribution in [0.25, 0.3) is 33.1 Å². The van der Waals surface area contributed by atoms with Gasteiger partial charge in [-0.2, -0.15) is 9.97 Å². The SMILES string of the molecule is CCc1cccc2[nH]cc(-c3ncc4c(N5CC6CCC(C5)N6)nc(OC[C@@]56CCCN5C[C@H](F)C6)nc4c3F)c12. The Morgan fingerprint density at radius 1 is 1.15 bits per heavy atom. The standard InChI is InChI=1S/C31H35F2N7O/c1-2-18-5-3-6-24-25(18)22(12-34-24)27-26(33)28-23(13-35-27)29(39-15-20-7-8-21(16-39)36-20)38-30(37-28)41-17-31-9-4-10-40(31)14-19(32)11-31/h3,5-6,12-13,19-21,34,36H,2,4,7-11,14-17H2,1H3/t19-,20?,21?,31+/m1/s1. The van der Waals surface area contributed by atoms with Gasteiger partial charge in [0.1, 0.15) is 29.8 Å². The number of aryl methyl sites for hydroxylation is 1. The molecule has 4 atom stereocenters. The van der Waals surface area contributed by atoms with Crippen molar-refractivity contribution in [3.63, 3.8) is 0 Å². The van der Waals surface area contributed by atoms with Crippen molar-refractivity contribution in [1.82, 2.24) is 30.2 Å². The predicted molar refractivity (Wildman–Crippen MR) is 155 cm³/mol. The van der Waals surface area contributed by atoms with Gasteiger partial charge in [-0.25, -0.2) is 8.78 Å². The van der Waals surface area contributed by atoms with E-state index in [2.05, 4.69) is 43.1 Å². The van der Waals surface area contributed by atoms with E-state index in [1.807, 2.05) is 18.3 Å². The number of H-pyrrole nitrogens is 1. The summed E-state index contributed by atoms with van der Waals surface area (Å²) in [6, 6.07) is 6.98. The number of nitrogens with zero attached hydrogens (tertiary/aromatic N) is 5. The molecule has 0 spiro atoms. The lowest BCUT2D eigenvalue weighted by Crippen LogP contribution is -2.51. The molecule has 2 bridgehead atoms. The van der Waals surface area contributed by atoms with E-state index in [0.29, 0.717) is 42.9 Å². The molecule has 4 aliphatic rings. The number of ether oxygens (including phenoxy) is 1. The monoisotopic (exact) mass is 559 g/mol. The molecule has 4 fully saturated rings. The van der Waals surface area contributed by atoms with Crippen molar-refractivity contribution in [2.45, 2.75) is 69.2 Å². The zero-order chi connectivity index (χ0) is 27.7. The number of aromatic nitrogens is 4. The molecule has 0 amide bonds. The Hall–Kier alpha value is -3.37. The first-order valence-corrected chi connectivity index (χ1v) is 15.0. The van der Waals surface area contributed by atoms with Gasteiger partial charge in [-0.3, -0.25) is 9.88 Å². The van der Waals surface area contributed by atoms with Crippen molar-refractivity contribution in [2.24, 2.45) is 0 Å². The van der Waals surface area contributed by atoms with Gasteiger partial charge in [0.15, 0.2) is 5.82 Å². The molecule has 10 heteroatoms. The Balaban J connectivity index is 1.24. The maximum atomic E-state index is 16.6. The zero-order valence-electron chi connectivity index (χ0n) is 23.3. The lowest BCUT2D eigenvalue weighted by molar-refractivity contribution is 0.107. The Morgan fingerprint density at radius 3 is 2.83 bits per heavy atom. The summed E-state index contributed by atoms with van der Waals surface area (Å²) in [5, 5.41) is 5.22. The first-order chi connectivity index (χ1) is 20.0. The number of piperazine rings is 1. The topological polar surface area (TPSA) is 82.2 Å². The Kier molecular flexibility index (Phi) is 5.93. The molecular weight excluding hydrogens is 524 g/mol. The quantitative estimate of drug-likeness (QED) is 0.352. The molecule has 8 nitrogen and oxygen atoms in total. The number of alkyl halides is 1. The summed E-state index contributed by atoms with van der Waals surface area (Å²) in [6.07, 6.45) is 8.12. The van der Waals surface area contributed by atoms with Crippen molar-refractivity contribution >= 4 is 27.6 Å². The second kappa shape index (κ2) is 9.59. The lowest BCUT2D eigenvalue weighted by Gasteiger charge is -2.34. The summed E-state index contributed by atoms with van der Waals surface area (Å²) >= 11 is 0. The minimum Gasteiger partial charge on any atom is -0.461 e. The molecular formula is C31H35F2N7O. The van der Waals surface area contributed by atoms with Crippen LogP contribution in [0.15, 0.2) is 30.6 Å². The van der Waals surface area contributed by atoms with Crippen LogP contribution >= 0.6 is 0 Å². The largest absolute Gasteiger partial charge is 0.461 e. The Bertz CT molecular complexity index is 1630. The third kappa shape index (κ3) is 4.09. The Morgan fingerprint density at radius 2 is 2.00 bits per heavy atom. The minimum absolute atomic E-state index is 0.145. The van der Waals surface area contributed by atoms with Crippen molar-refractivity contribution in [2.75, 3.05) is 37.7 Å². The highest BCUT2D eigenvalue weighted by atomic mass is 19.1. The van der Waals surface area contributed by atoms with E-state index in [-0.39, 0.29) is 22.8 Å². The lowest BCUT2D eigenvalue weighted by atomic mass is 9.95. The smallest absolute Gasteiger partial charge is 0.319 e. The number of nitrogens with one attached hydrogen (secondary N) is 2. The second-order valence-corrected chi connectivity index (χ2v) is 12.3. The molecule has 4 aliphatic heterocycles. The summed E-state index contributed by atoms with van der Waals surface area (Å²) in [4.78, 5) is 21.9. The van der Waals surface area contributed by atoms with E-state index in [1.165, 1.54) is 0 Å². The summed E-state index contributed by atoms with van der Waals surface area (Å²) in [7, 11) is 0. The molecule has 8 rings (SSSR count). The number of hydrogen-bond acceptors (Lipinski definition) is 7. The number of halogens is 2. The minimum atomic E-state index is -0.849. The molecule has 0 saturated carbocycles. The fourth-order valence-corrected chi connectivity index (χ4v) is 7.87. The van der Waals surface area contributed by atoms with Crippen molar-refractivity contribution in [3.8, 4) is 17.3 Å². The highest BCUT2D eigenvalue weighted by Gasteiger charge is 2.49. The van der Waals surface area contributed by atoms with E-state index in [0.717, 1.165) is 73.8 Å². The molecule has 2 unspecified atom stereocenters. The number of pyridine rings is 1. The van der Waals surface area contributed by atoms with Gasteiger partial charge < -0.3 is 19.9 Å². The average Bonchev–Trinajstić information content (AvgIpc) is 3.74. The van der Waals surface area contributed by atoms with E-state index in [4.69, 9.17) is 9.72 Å². The summed E-state index contributed by atoms with van der Waals surface area (Å²) in [5.74, 6) is 0.177. The van der Waals surface area contributed by atoms with Gasteiger partial charge in [-0.15, -0.1) is 0 Å². The van der Waals surface area contributed by atoms with Crippen LogP contribution in [-0.2, 0) is 6.42 Å². The van der Waals surface area contributed by atoms with Gasteiger partial charge >= 0.3 is 6.01 Å². The van der Waals surface area contributed by atoms with Gasteiger partial charge in [0.25, 0.3) is 0 Å². The van der Waals surface area contributed by atoms with E-state index in [1.54, 1.807) is 6.20 Å². The summed E-state index contributed by atoms with van der Waals surface area (Å²) in [5.41, 5.74) is 2.94. The number of fused-ring (bicyclic) bond motifs is 5. The molecule has 1 aromatic carbocycles. The fraction of sp³-hybridized carbons (Fsp3) is 0.516. The average molecular weight is 560 g/mol. The van der Waals surface area contributed by atoms with Crippen LogP contribution < -0.4 is 15.0 Å². The zero-order valence-corrected chi connectivity index (χ0v) is 23.3. The third-order valence-electron chi connectivity index (χ3n) is 9.82. The first-order valence-electron chi connectivity index (χ1n) is 15.0. The van der Waals surface area contributed by atoms with Crippen LogP contribution in [0.1, 0.15) is 44.6 Å². The third-order valence-corrected chi connectivity index (χ3v) is 9.82. The second-order valence-electron chi connectivity index (χ2n) is 12.3. The fourth-order valence-electron chi connectivity index (χ4n) is 7.87. The van der Waals surface area contributed by atoms with Crippen LogP contribution in [0, 0.1) is 5.82 Å². The molecule has 2 N–H and O–H groups in total. The highest BCUT2D eigenvalue weighted by Crippen LogP contribution is 2.41. The van der Waals surface area contributed by atoms with Gasteiger partial charge in [-0.1, -0.05) is 19.1 Å². The predicted octanol–water partition coefficient (Wildman–Crippen LogP) is 4.77. The van der Waals surface area contributed by atoms with Crippen LogP contribution in [0.4, 0.5) is 14.6 Å². The molecule has 4 aromatic rings. The first kappa shape index (κ1) is 25.3. The highest BCUT2D eigenvalue weighted by molar-refractivity contribution is 6.00. The van der Waals surface area contributed by atoms with Crippen molar-refractivity contribution in [1.29, 1.82) is 0 Å². The molecule has 0 aliphatic carbocycles. The summed E-state index contributed by atoms with van der Waals surface area (Å²) in [6.45, 7) is 5.30. The molecule has 0 radical (unpaired) electrons. The van der Waals surface area contributed by atoms with Crippen LogP contribution in [0.3, 0.4) is 0 Å². The number of aromatic amines is 1. The van der Waals surface area contributed by atoms with Crippen LogP contribution in [0.5, 0.6) is 6.01 Å². The molecule has 41 heavy (non-hydrogen) atoms. The maximum absolute atomic E-state index is 16.6. The number of anilines is 1. The molecule has 7 heterocycles. The van der Waals surface area contributed by atoms with Gasteiger partial charge in [0.05, 0.1) is 10.9 Å². The van der Waals surface area contributed by atoms with E-state index in [9.17, 15) is 4.39 Å². The van der Waals surface area contributed by atoms with E-state index >= 15 is 4.39 Å². The molecule has 3 aromatic heterocycles. The number of rotatable bonds is 6. The van der Waals surface area contributed by atoms with E-state index < -0.39 is 12.0 Å². The van der Waals surface area contributed by atoms with Crippen LogP contribution in [-0.4, -0.2) is 81.4 Å². The number of benzene rings is 1. The van der Waals surface area contributed by atoms with Gasteiger partial charge in [-0.05, 0) is 50.3 Å².